The standard InChI is InChI=1S/C12H17NO/c1-9-6-5-7-12(13(3)4)11(9)8-10(2)14/h5-7H,8H2,1-4H3. The normalized spacial score (nSPS) is 10.0. The number of aryl methyl sites for hydroxylation is 1. The van der Waals surface area contributed by atoms with Crippen molar-refractivity contribution in [1.82, 2.24) is 0 Å². The molecule has 0 saturated heterocycles. The van der Waals surface area contributed by atoms with E-state index < -0.39 is 0 Å². The Balaban J connectivity index is 3.15. The third-order valence-corrected chi connectivity index (χ3v) is 2.29. The number of carbonyl (C=O) groups excluding carboxylic acids is 1. The van der Waals surface area contributed by atoms with E-state index in [0.717, 1.165) is 11.3 Å². The minimum absolute atomic E-state index is 0.211. The van der Waals surface area contributed by atoms with E-state index in [1.165, 1.54) is 5.56 Å². The summed E-state index contributed by atoms with van der Waals surface area (Å²) in [4.78, 5) is 13.2. The molecule has 1 aromatic carbocycles. The zero-order valence-corrected chi connectivity index (χ0v) is 9.29. The van der Waals surface area contributed by atoms with Crippen molar-refractivity contribution in [2.45, 2.75) is 20.3 Å². The molecule has 0 aromatic heterocycles. The number of hydrogen-bond acceptors (Lipinski definition) is 2. The van der Waals surface area contributed by atoms with Gasteiger partial charge in [-0.2, -0.15) is 0 Å². The Hall–Kier alpha value is -1.31. The Kier molecular flexibility index (Phi) is 3.28. The molecule has 0 bridgehead atoms. The van der Waals surface area contributed by atoms with Gasteiger partial charge in [0.05, 0.1) is 0 Å². The van der Waals surface area contributed by atoms with Crippen molar-refractivity contribution in [3.8, 4) is 0 Å². The van der Waals surface area contributed by atoms with Crippen molar-refractivity contribution < 1.29 is 4.79 Å². The van der Waals surface area contributed by atoms with E-state index in [1.54, 1.807) is 6.92 Å². The fraction of sp³-hybridized carbons (Fsp3) is 0.417. The third-order valence-electron chi connectivity index (χ3n) is 2.29. The van der Waals surface area contributed by atoms with E-state index in [1.807, 2.05) is 44.1 Å². The largest absolute Gasteiger partial charge is 0.377 e. The summed E-state index contributed by atoms with van der Waals surface area (Å²) < 4.78 is 0. The molecular weight excluding hydrogens is 174 g/mol. The maximum Gasteiger partial charge on any atom is 0.134 e. The Bertz CT molecular complexity index is 342. The Labute approximate surface area is 85.5 Å². The fourth-order valence-corrected chi connectivity index (χ4v) is 1.58. The zero-order valence-electron chi connectivity index (χ0n) is 9.29. The molecule has 2 nitrogen and oxygen atoms in total. The number of Topliss-reactive ketones (excluding diaryl/α,β-unsaturated/α-hetero) is 1. The molecule has 0 aliphatic rings. The van der Waals surface area contributed by atoms with Crippen LogP contribution in [0.2, 0.25) is 0 Å². The Morgan fingerprint density at radius 1 is 1.36 bits per heavy atom. The van der Waals surface area contributed by atoms with Gasteiger partial charge in [0.1, 0.15) is 5.78 Å². The molecule has 2 heteroatoms. The van der Waals surface area contributed by atoms with Gasteiger partial charge in [0, 0.05) is 26.2 Å². The van der Waals surface area contributed by atoms with Gasteiger partial charge < -0.3 is 4.90 Å². The summed E-state index contributed by atoms with van der Waals surface area (Å²) in [6, 6.07) is 6.12. The number of benzene rings is 1. The molecule has 0 aliphatic carbocycles. The summed E-state index contributed by atoms with van der Waals surface area (Å²) in [5.41, 5.74) is 3.47. The van der Waals surface area contributed by atoms with Gasteiger partial charge in [0.2, 0.25) is 0 Å². The second-order valence-corrected chi connectivity index (χ2v) is 3.85. The minimum Gasteiger partial charge on any atom is -0.377 e. The SMILES string of the molecule is CC(=O)Cc1c(C)cccc1N(C)C. The Morgan fingerprint density at radius 3 is 2.50 bits per heavy atom. The predicted octanol–water partition coefficient (Wildman–Crippen LogP) is 2.19. The molecule has 1 rings (SSSR count). The van der Waals surface area contributed by atoms with Crippen LogP contribution in [0.15, 0.2) is 18.2 Å². The van der Waals surface area contributed by atoms with E-state index in [9.17, 15) is 4.79 Å². The molecule has 0 unspecified atom stereocenters. The summed E-state index contributed by atoms with van der Waals surface area (Å²) in [7, 11) is 4.00. The molecule has 0 heterocycles. The van der Waals surface area contributed by atoms with Crippen molar-refractivity contribution in [3.05, 3.63) is 29.3 Å². The number of nitrogens with zero attached hydrogens (tertiary/aromatic N) is 1. The van der Waals surface area contributed by atoms with Crippen LogP contribution in [0.1, 0.15) is 18.1 Å². The molecule has 0 aliphatic heterocycles. The van der Waals surface area contributed by atoms with Gasteiger partial charge in [-0.1, -0.05) is 12.1 Å². The highest BCUT2D eigenvalue weighted by molar-refractivity contribution is 5.80. The lowest BCUT2D eigenvalue weighted by molar-refractivity contribution is -0.116. The van der Waals surface area contributed by atoms with Crippen molar-refractivity contribution in [2.24, 2.45) is 0 Å². The van der Waals surface area contributed by atoms with Crippen LogP contribution >= 0.6 is 0 Å². The lowest BCUT2D eigenvalue weighted by atomic mass is 10.0. The fourth-order valence-electron chi connectivity index (χ4n) is 1.58. The van der Waals surface area contributed by atoms with Gasteiger partial charge in [-0.3, -0.25) is 4.79 Å². The van der Waals surface area contributed by atoms with Crippen molar-refractivity contribution in [3.63, 3.8) is 0 Å². The maximum atomic E-state index is 11.1. The first-order chi connectivity index (χ1) is 6.52. The molecule has 0 spiro atoms. The van der Waals surface area contributed by atoms with Crippen LogP contribution in [0.5, 0.6) is 0 Å². The van der Waals surface area contributed by atoms with Crippen LogP contribution in [-0.2, 0) is 11.2 Å². The maximum absolute atomic E-state index is 11.1. The minimum atomic E-state index is 0.211. The zero-order chi connectivity index (χ0) is 10.7. The second-order valence-electron chi connectivity index (χ2n) is 3.85. The first kappa shape index (κ1) is 10.8. The van der Waals surface area contributed by atoms with E-state index in [4.69, 9.17) is 0 Å². The van der Waals surface area contributed by atoms with Crippen LogP contribution in [0.4, 0.5) is 5.69 Å². The van der Waals surface area contributed by atoms with Gasteiger partial charge in [-0.15, -0.1) is 0 Å². The van der Waals surface area contributed by atoms with Gasteiger partial charge in [-0.25, -0.2) is 0 Å². The molecule has 0 atom stereocenters. The van der Waals surface area contributed by atoms with E-state index in [-0.39, 0.29) is 5.78 Å². The lowest BCUT2D eigenvalue weighted by Gasteiger charge is -2.18. The summed E-state index contributed by atoms with van der Waals surface area (Å²) in [5.74, 6) is 0.211. The molecule has 0 saturated carbocycles. The number of carbonyl (C=O) groups is 1. The van der Waals surface area contributed by atoms with E-state index in [0.29, 0.717) is 6.42 Å². The van der Waals surface area contributed by atoms with Gasteiger partial charge in [0.25, 0.3) is 0 Å². The first-order valence-corrected chi connectivity index (χ1v) is 4.77. The quantitative estimate of drug-likeness (QED) is 0.730. The van der Waals surface area contributed by atoms with Crippen molar-refractivity contribution in [1.29, 1.82) is 0 Å². The van der Waals surface area contributed by atoms with Crippen LogP contribution < -0.4 is 4.90 Å². The molecule has 76 valence electrons. The van der Waals surface area contributed by atoms with Crippen LogP contribution in [-0.4, -0.2) is 19.9 Å². The molecule has 0 radical (unpaired) electrons. The summed E-state index contributed by atoms with van der Waals surface area (Å²) in [6.45, 7) is 3.68. The van der Waals surface area contributed by atoms with Crippen LogP contribution in [0.25, 0.3) is 0 Å². The summed E-state index contributed by atoms with van der Waals surface area (Å²) in [5, 5.41) is 0. The highest BCUT2D eigenvalue weighted by Gasteiger charge is 2.08. The Morgan fingerprint density at radius 2 is 2.00 bits per heavy atom. The number of ketones is 1. The second kappa shape index (κ2) is 4.27. The van der Waals surface area contributed by atoms with Crippen LogP contribution in [0, 0.1) is 6.92 Å². The highest BCUT2D eigenvalue weighted by atomic mass is 16.1. The highest BCUT2D eigenvalue weighted by Crippen LogP contribution is 2.22. The van der Waals surface area contributed by atoms with Gasteiger partial charge >= 0.3 is 0 Å². The number of rotatable bonds is 3. The van der Waals surface area contributed by atoms with Gasteiger partial charge in [0.15, 0.2) is 0 Å². The average molecular weight is 191 g/mol. The number of anilines is 1. The van der Waals surface area contributed by atoms with Gasteiger partial charge in [-0.05, 0) is 31.0 Å². The predicted molar refractivity (Wildman–Crippen MR) is 59.9 cm³/mol. The molecule has 0 N–H and O–H groups in total. The van der Waals surface area contributed by atoms with Crippen LogP contribution in [0.3, 0.4) is 0 Å². The molecule has 0 amide bonds. The molecule has 0 fully saturated rings. The molecule has 14 heavy (non-hydrogen) atoms. The average Bonchev–Trinajstić information content (AvgIpc) is 2.07. The summed E-state index contributed by atoms with van der Waals surface area (Å²) >= 11 is 0. The van der Waals surface area contributed by atoms with E-state index >= 15 is 0 Å². The van der Waals surface area contributed by atoms with E-state index in [2.05, 4.69) is 0 Å². The third kappa shape index (κ3) is 2.34. The molecule has 1 aromatic rings. The smallest absolute Gasteiger partial charge is 0.134 e. The van der Waals surface area contributed by atoms with Crippen molar-refractivity contribution in [2.75, 3.05) is 19.0 Å². The number of hydrogen-bond donors (Lipinski definition) is 0. The first-order valence-electron chi connectivity index (χ1n) is 4.77. The monoisotopic (exact) mass is 191 g/mol. The topological polar surface area (TPSA) is 20.3 Å². The molecular formula is C12H17NO. The lowest BCUT2D eigenvalue weighted by Crippen LogP contribution is -2.13. The summed E-state index contributed by atoms with van der Waals surface area (Å²) in [6.07, 6.45) is 0.528. The van der Waals surface area contributed by atoms with Crippen molar-refractivity contribution >= 4 is 11.5 Å².